The van der Waals surface area contributed by atoms with E-state index in [1.165, 1.54) is 6.33 Å². The molecule has 0 saturated heterocycles. The Balaban J connectivity index is 1.96. The molecular weight excluding hydrogens is 278 g/mol. The molecule has 1 aromatic carbocycles. The van der Waals surface area contributed by atoms with Crippen molar-refractivity contribution in [3.63, 3.8) is 0 Å². The average molecular weight is 295 g/mol. The van der Waals surface area contributed by atoms with Crippen LogP contribution in [0.25, 0.3) is 10.9 Å². The summed E-state index contributed by atoms with van der Waals surface area (Å²) in [6, 6.07) is 9.37. The zero-order valence-corrected chi connectivity index (χ0v) is 12.8. The van der Waals surface area contributed by atoms with Crippen LogP contribution in [0.3, 0.4) is 0 Å². The van der Waals surface area contributed by atoms with Gasteiger partial charge in [-0.25, -0.2) is 9.97 Å². The first-order valence-corrected chi connectivity index (χ1v) is 7.04. The van der Waals surface area contributed by atoms with Crippen molar-refractivity contribution in [3.05, 3.63) is 54.2 Å². The maximum atomic E-state index is 12.8. The highest BCUT2D eigenvalue weighted by Gasteiger charge is 2.24. The lowest BCUT2D eigenvalue weighted by Crippen LogP contribution is -2.30. The van der Waals surface area contributed by atoms with Gasteiger partial charge < -0.3 is 4.90 Å². The number of carbonyl (C=O) groups excluding carboxylic acids is 1. The van der Waals surface area contributed by atoms with Crippen LogP contribution in [0.4, 0.5) is 0 Å². The minimum absolute atomic E-state index is 0.122. The summed E-state index contributed by atoms with van der Waals surface area (Å²) in [5, 5.41) is 5.24. The monoisotopic (exact) mass is 295 g/mol. The number of amides is 1. The topological polar surface area (TPSA) is 63.9 Å². The van der Waals surface area contributed by atoms with Crippen LogP contribution in [0, 0.1) is 0 Å². The molecule has 0 fully saturated rings. The Labute approximate surface area is 128 Å². The van der Waals surface area contributed by atoms with Crippen molar-refractivity contribution in [1.82, 2.24) is 24.6 Å². The maximum absolute atomic E-state index is 12.8. The van der Waals surface area contributed by atoms with Gasteiger partial charge in [-0.1, -0.05) is 18.2 Å². The molecule has 22 heavy (non-hydrogen) atoms. The molecule has 3 rings (SSSR count). The molecule has 2 aromatic heterocycles. The number of fused-ring (bicyclic) bond motifs is 1. The van der Waals surface area contributed by atoms with Crippen LogP contribution in [0.5, 0.6) is 0 Å². The highest BCUT2D eigenvalue weighted by Crippen LogP contribution is 2.22. The number of nitrogens with zero attached hydrogens (tertiary/aromatic N) is 5. The summed E-state index contributed by atoms with van der Waals surface area (Å²) in [4.78, 5) is 22.6. The second-order valence-electron chi connectivity index (χ2n) is 5.22. The molecule has 0 aliphatic heterocycles. The van der Waals surface area contributed by atoms with Gasteiger partial charge in [-0.3, -0.25) is 9.48 Å². The number of carbonyl (C=O) groups is 1. The SMILES string of the molecule is C[C@@H](c1ccncn1)N(C)C(=O)c1nn(C)c2ccccc12. The highest BCUT2D eigenvalue weighted by atomic mass is 16.2. The van der Waals surface area contributed by atoms with Gasteiger partial charge in [-0.2, -0.15) is 5.10 Å². The van der Waals surface area contributed by atoms with Crippen molar-refractivity contribution in [3.8, 4) is 0 Å². The smallest absolute Gasteiger partial charge is 0.275 e. The van der Waals surface area contributed by atoms with E-state index in [2.05, 4.69) is 15.1 Å². The summed E-state index contributed by atoms with van der Waals surface area (Å²) >= 11 is 0. The maximum Gasteiger partial charge on any atom is 0.275 e. The van der Waals surface area contributed by atoms with E-state index < -0.39 is 0 Å². The second kappa shape index (κ2) is 5.55. The molecule has 2 heterocycles. The number of hydrogen-bond acceptors (Lipinski definition) is 4. The molecule has 1 amide bonds. The Bertz CT molecular complexity index is 812. The van der Waals surface area contributed by atoms with Gasteiger partial charge in [0.15, 0.2) is 5.69 Å². The Kier molecular flexibility index (Phi) is 3.58. The first-order chi connectivity index (χ1) is 10.6. The largest absolute Gasteiger partial charge is 0.332 e. The predicted octanol–water partition coefficient (Wildman–Crippen LogP) is 2.20. The van der Waals surface area contributed by atoms with Gasteiger partial charge >= 0.3 is 0 Å². The van der Waals surface area contributed by atoms with E-state index in [4.69, 9.17) is 0 Å². The van der Waals surface area contributed by atoms with Crippen LogP contribution < -0.4 is 0 Å². The Morgan fingerprint density at radius 2 is 2.05 bits per heavy atom. The first kappa shape index (κ1) is 14.2. The van der Waals surface area contributed by atoms with Gasteiger partial charge in [0.25, 0.3) is 5.91 Å². The molecule has 0 unspecified atom stereocenters. The van der Waals surface area contributed by atoms with E-state index >= 15 is 0 Å². The average Bonchev–Trinajstić information content (AvgIpc) is 2.91. The lowest BCUT2D eigenvalue weighted by Gasteiger charge is -2.23. The fraction of sp³-hybridized carbons (Fsp3) is 0.250. The third kappa shape index (κ3) is 2.32. The van der Waals surface area contributed by atoms with Gasteiger partial charge in [0, 0.05) is 25.7 Å². The summed E-state index contributed by atoms with van der Waals surface area (Å²) in [6.07, 6.45) is 3.16. The molecule has 0 bridgehead atoms. The highest BCUT2D eigenvalue weighted by molar-refractivity contribution is 6.04. The molecule has 0 saturated carbocycles. The standard InChI is InChI=1S/C16H17N5O/c1-11(13-8-9-17-10-18-13)20(2)16(22)15-12-6-4-5-7-14(12)21(3)19-15/h4-11H,1-3H3/t11-/m0/s1. The Hall–Kier alpha value is -2.76. The molecule has 112 valence electrons. The Morgan fingerprint density at radius 3 is 2.77 bits per heavy atom. The van der Waals surface area contributed by atoms with Crippen LogP contribution in [-0.2, 0) is 7.05 Å². The van der Waals surface area contributed by atoms with Crippen molar-refractivity contribution in [2.45, 2.75) is 13.0 Å². The third-order valence-corrected chi connectivity index (χ3v) is 3.89. The van der Waals surface area contributed by atoms with Gasteiger partial charge in [-0.15, -0.1) is 0 Å². The lowest BCUT2D eigenvalue weighted by molar-refractivity contribution is 0.0735. The van der Waals surface area contributed by atoms with Crippen molar-refractivity contribution in [2.24, 2.45) is 7.05 Å². The summed E-state index contributed by atoms with van der Waals surface area (Å²) in [7, 11) is 3.60. The molecule has 0 spiro atoms. The van der Waals surface area contributed by atoms with Gasteiger partial charge in [0.2, 0.25) is 0 Å². The van der Waals surface area contributed by atoms with Crippen LogP contribution in [0.1, 0.15) is 29.1 Å². The fourth-order valence-corrected chi connectivity index (χ4v) is 2.46. The van der Waals surface area contributed by atoms with Crippen molar-refractivity contribution in [1.29, 1.82) is 0 Å². The molecule has 0 aliphatic rings. The minimum atomic E-state index is -0.156. The van der Waals surface area contributed by atoms with E-state index in [9.17, 15) is 4.79 Å². The molecule has 3 aromatic rings. The second-order valence-corrected chi connectivity index (χ2v) is 5.22. The number of benzene rings is 1. The summed E-state index contributed by atoms with van der Waals surface area (Å²) in [5.74, 6) is -0.122. The van der Waals surface area contributed by atoms with Gasteiger partial charge in [-0.05, 0) is 19.1 Å². The minimum Gasteiger partial charge on any atom is -0.332 e. The number of rotatable bonds is 3. The van der Waals surface area contributed by atoms with Crippen molar-refractivity contribution >= 4 is 16.8 Å². The van der Waals surface area contributed by atoms with E-state index in [1.54, 1.807) is 22.8 Å². The number of aromatic nitrogens is 4. The quantitative estimate of drug-likeness (QED) is 0.743. The van der Waals surface area contributed by atoms with Gasteiger partial charge in [0.05, 0.1) is 17.3 Å². The molecular formula is C16H17N5O. The Morgan fingerprint density at radius 1 is 1.27 bits per heavy atom. The molecule has 1 atom stereocenters. The molecule has 6 heteroatoms. The van der Waals surface area contributed by atoms with Crippen LogP contribution in [0.2, 0.25) is 0 Å². The normalized spacial score (nSPS) is 12.3. The van der Waals surface area contributed by atoms with Gasteiger partial charge in [0.1, 0.15) is 6.33 Å². The van der Waals surface area contributed by atoms with E-state index in [-0.39, 0.29) is 11.9 Å². The van der Waals surface area contributed by atoms with E-state index in [0.29, 0.717) is 5.69 Å². The summed E-state index contributed by atoms with van der Waals surface area (Å²) < 4.78 is 1.73. The van der Waals surface area contributed by atoms with E-state index in [0.717, 1.165) is 16.6 Å². The molecule has 0 aliphatic carbocycles. The number of hydrogen-bond donors (Lipinski definition) is 0. The van der Waals surface area contributed by atoms with Crippen LogP contribution in [0.15, 0.2) is 42.9 Å². The zero-order chi connectivity index (χ0) is 15.7. The van der Waals surface area contributed by atoms with Crippen LogP contribution >= 0.6 is 0 Å². The number of aryl methyl sites for hydroxylation is 1. The lowest BCUT2D eigenvalue weighted by atomic mass is 10.1. The van der Waals surface area contributed by atoms with Crippen LogP contribution in [-0.4, -0.2) is 37.6 Å². The predicted molar refractivity (Wildman–Crippen MR) is 83.3 cm³/mol. The molecule has 0 radical (unpaired) electrons. The first-order valence-electron chi connectivity index (χ1n) is 7.04. The van der Waals surface area contributed by atoms with Crippen molar-refractivity contribution < 1.29 is 4.79 Å². The summed E-state index contributed by atoms with van der Waals surface area (Å²) in [6.45, 7) is 1.94. The molecule has 0 N–H and O–H groups in total. The number of para-hydroxylation sites is 1. The zero-order valence-electron chi connectivity index (χ0n) is 12.8. The fourth-order valence-electron chi connectivity index (χ4n) is 2.46. The summed E-state index contributed by atoms with van der Waals surface area (Å²) in [5.41, 5.74) is 2.20. The van der Waals surface area contributed by atoms with E-state index in [1.807, 2.05) is 44.3 Å². The third-order valence-electron chi connectivity index (χ3n) is 3.89. The molecule has 6 nitrogen and oxygen atoms in total. The van der Waals surface area contributed by atoms with Crippen molar-refractivity contribution in [2.75, 3.05) is 7.05 Å².